The second-order valence-corrected chi connectivity index (χ2v) is 2.65. The fraction of sp³-hybridized carbons (Fsp3) is 0.294. The van der Waals surface area contributed by atoms with Crippen LogP contribution in [0.25, 0.3) is 0 Å². The molecule has 0 unspecified atom stereocenters. The van der Waals surface area contributed by atoms with Gasteiger partial charge in [-0.1, -0.05) is 71.7 Å². The van der Waals surface area contributed by atoms with Gasteiger partial charge in [0, 0.05) is 5.70 Å². The highest BCUT2D eigenvalue weighted by molar-refractivity contribution is 5.48. The Labute approximate surface area is 114 Å². The third-order valence-electron chi connectivity index (χ3n) is 1.72. The van der Waals surface area contributed by atoms with Gasteiger partial charge in [0.05, 0.1) is 0 Å². The molecule has 1 heteroatoms. The van der Waals surface area contributed by atoms with Crippen molar-refractivity contribution in [1.82, 2.24) is 0 Å². The largest absolute Gasteiger partial charge is 0.399 e. The van der Waals surface area contributed by atoms with Crippen LogP contribution in [0.15, 0.2) is 73.0 Å². The zero-order valence-electron chi connectivity index (χ0n) is 12.7. The first kappa shape index (κ1) is 21.5. The third kappa shape index (κ3) is 10.7. The van der Waals surface area contributed by atoms with E-state index < -0.39 is 0 Å². The van der Waals surface area contributed by atoms with Crippen LogP contribution >= 0.6 is 0 Å². The zero-order chi connectivity index (χ0) is 15.0. The Hall–Kier alpha value is -1.76. The van der Waals surface area contributed by atoms with Gasteiger partial charge in [0.15, 0.2) is 0 Å². The van der Waals surface area contributed by atoms with Crippen LogP contribution in [-0.2, 0) is 0 Å². The summed E-state index contributed by atoms with van der Waals surface area (Å²) in [4.78, 5) is 0. The lowest BCUT2D eigenvalue weighted by Crippen LogP contribution is -1.94. The maximum atomic E-state index is 5.65. The van der Waals surface area contributed by atoms with E-state index in [1.165, 1.54) is 0 Å². The highest BCUT2D eigenvalue weighted by Crippen LogP contribution is 2.13. The van der Waals surface area contributed by atoms with Crippen molar-refractivity contribution in [3.8, 4) is 0 Å². The minimum absolute atomic E-state index is 0.634. The molecule has 1 nitrogen and oxygen atoms in total. The number of nitrogens with two attached hydrogens (primary N) is 1. The van der Waals surface area contributed by atoms with Gasteiger partial charge >= 0.3 is 0 Å². The summed E-state index contributed by atoms with van der Waals surface area (Å²) < 4.78 is 0. The molecule has 0 aliphatic carbocycles. The number of hydrogen-bond donors (Lipinski definition) is 1. The fourth-order valence-electron chi connectivity index (χ4n) is 0.981. The molecule has 0 radical (unpaired) electrons. The Bertz CT molecular complexity index is 315. The van der Waals surface area contributed by atoms with Crippen LogP contribution in [-0.4, -0.2) is 0 Å². The van der Waals surface area contributed by atoms with Crippen molar-refractivity contribution in [3.63, 3.8) is 0 Å². The van der Waals surface area contributed by atoms with Crippen LogP contribution in [0.3, 0.4) is 0 Å². The Morgan fingerprint density at radius 1 is 0.889 bits per heavy atom. The summed E-state index contributed by atoms with van der Waals surface area (Å²) in [6, 6.07) is 0. The van der Waals surface area contributed by atoms with Crippen molar-refractivity contribution in [2.24, 2.45) is 5.73 Å². The van der Waals surface area contributed by atoms with Crippen LogP contribution in [0.2, 0.25) is 0 Å². The second kappa shape index (κ2) is 17.6. The van der Waals surface area contributed by atoms with Crippen LogP contribution < -0.4 is 5.73 Å². The van der Waals surface area contributed by atoms with Crippen LogP contribution in [0.4, 0.5) is 0 Å². The molecule has 0 aromatic carbocycles. The minimum Gasteiger partial charge on any atom is -0.399 e. The summed E-state index contributed by atoms with van der Waals surface area (Å²) in [7, 11) is 0. The molecule has 102 valence electrons. The number of allylic oxidation sites excluding steroid dienone is 8. The molecule has 0 fully saturated rings. The van der Waals surface area contributed by atoms with Crippen LogP contribution in [0, 0.1) is 0 Å². The van der Waals surface area contributed by atoms with Gasteiger partial charge in [0.1, 0.15) is 0 Å². The third-order valence-corrected chi connectivity index (χ3v) is 1.72. The van der Waals surface area contributed by atoms with E-state index in [9.17, 15) is 0 Å². The molecule has 0 rings (SSSR count). The quantitative estimate of drug-likeness (QED) is 0.654. The molecule has 0 bridgehead atoms. The summed E-state index contributed by atoms with van der Waals surface area (Å²) in [5, 5.41) is 0. The summed E-state index contributed by atoms with van der Waals surface area (Å²) in [5.41, 5.74) is 8.29. The number of hydrogen-bond acceptors (Lipinski definition) is 1. The lowest BCUT2D eigenvalue weighted by molar-refractivity contribution is 1.38. The molecule has 0 saturated carbocycles. The molecule has 18 heavy (non-hydrogen) atoms. The highest BCUT2D eigenvalue weighted by Gasteiger charge is 1.96. The maximum Gasteiger partial charge on any atom is 0.0314 e. The van der Waals surface area contributed by atoms with Crippen molar-refractivity contribution in [3.05, 3.63) is 73.0 Å². The summed E-state index contributed by atoms with van der Waals surface area (Å²) in [6.07, 6.45) is 10.8. The van der Waals surface area contributed by atoms with E-state index in [0.717, 1.165) is 11.1 Å². The van der Waals surface area contributed by atoms with Gasteiger partial charge in [-0.3, -0.25) is 0 Å². The molecule has 0 atom stereocenters. The van der Waals surface area contributed by atoms with Gasteiger partial charge in [0.25, 0.3) is 0 Å². The SMILES string of the molecule is C=C/C=C(C=C)/C(/C=C(/N)C=C)=C/C.CC.CC. The van der Waals surface area contributed by atoms with Crippen molar-refractivity contribution >= 4 is 0 Å². The van der Waals surface area contributed by atoms with Crippen LogP contribution in [0.1, 0.15) is 34.6 Å². The lowest BCUT2D eigenvalue weighted by Gasteiger charge is -2.02. The first-order chi connectivity index (χ1) is 8.69. The molecule has 0 aliphatic heterocycles. The Kier molecular flexibility index (Phi) is 21.1. The summed E-state index contributed by atoms with van der Waals surface area (Å²) in [5.74, 6) is 0. The van der Waals surface area contributed by atoms with Gasteiger partial charge in [-0.15, -0.1) is 0 Å². The smallest absolute Gasteiger partial charge is 0.0314 e. The van der Waals surface area contributed by atoms with Gasteiger partial charge in [-0.2, -0.15) is 0 Å². The lowest BCUT2D eigenvalue weighted by atomic mass is 10.0. The molecule has 0 heterocycles. The molecule has 0 aromatic rings. The molecule has 0 aromatic heterocycles. The summed E-state index contributed by atoms with van der Waals surface area (Å²) >= 11 is 0. The van der Waals surface area contributed by atoms with E-state index >= 15 is 0 Å². The average molecular weight is 247 g/mol. The molecule has 0 spiro atoms. The van der Waals surface area contributed by atoms with Crippen molar-refractivity contribution in [2.45, 2.75) is 34.6 Å². The van der Waals surface area contributed by atoms with Crippen molar-refractivity contribution < 1.29 is 0 Å². The Morgan fingerprint density at radius 2 is 1.39 bits per heavy atom. The van der Waals surface area contributed by atoms with Gasteiger partial charge in [-0.25, -0.2) is 0 Å². The Balaban J connectivity index is -0.000000506. The van der Waals surface area contributed by atoms with Gasteiger partial charge in [0.2, 0.25) is 0 Å². The molecular weight excluding hydrogens is 218 g/mol. The Morgan fingerprint density at radius 3 is 1.67 bits per heavy atom. The molecule has 0 amide bonds. The molecule has 0 aliphatic rings. The predicted octanol–water partition coefficient (Wildman–Crippen LogP) is 5.31. The first-order valence-electron chi connectivity index (χ1n) is 6.41. The zero-order valence-corrected chi connectivity index (χ0v) is 12.7. The fourth-order valence-corrected chi connectivity index (χ4v) is 0.981. The number of rotatable bonds is 5. The van der Waals surface area contributed by atoms with Gasteiger partial charge < -0.3 is 5.73 Å². The van der Waals surface area contributed by atoms with E-state index in [0.29, 0.717) is 5.70 Å². The first-order valence-corrected chi connectivity index (χ1v) is 6.41. The molecule has 0 saturated heterocycles. The van der Waals surface area contributed by atoms with E-state index in [1.54, 1.807) is 18.2 Å². The van der Waals surface area contributed by atoms with E-state index in [-0.39, 0.29) is 0 Å². The monoisotopic (exact) mass is 247 g/mol. The van der Waals surface area contributed by atoms with Gasteiger partial charge in [-0.05, 0) is 30.2 Å². The predicted molar refractivity (Wildman–Crippen MR) is 87.4 cm³/mol. The topological polar surface area (TPSA) is 26.0 Å². The van der Waals surface area contributed by atoms with E-state index in [2.05, 4.69) is 19.7 Å². The minimum atomic E-state index is 0.634. The molecular formula is C17H29N. The molecule has 2 N–H and O–H groups in total. The van der Waals surface area contributed by atoms with Crippen LogP contribution in [0.5, 0.6) is 0 Å². The standard InChI is InChI=1S/C13H17N.2C2H6/c1-5-9-11(6-2)12(7-3)10-13(14)8-4;2*1-2/h5-10H,1-2,4,14H2,3H3;2*1-2H3/b11-9+,12-7+,13-10+;;. The normalized spacial score (nSPS) is 11.3. The van der Waals surface area contributed by atoms with E-state index in [4.69, 9.17) is 5.73 Å². The van der Waals surface area contributed by atoms with E-state index in [1.807, 2.05) is 52.8 Å². The average Bonchev–Trinajstić information content (AvgIpc) is 2.46. The van der Waals surface area contributed by atoms with Crippen molar-refractivity contribution in [2.75, 3.05) is 0 Å². The van der Waals surface area contributed by atoms with Crippen molar-refractivity contribution in [1.29, 1.82) is 0 Å². The highest BCUT2D eigenvalue weighted by atomic mass is 14.5. The second-order valence-electron chi connectivity index (χ2n) is 2.65. The summed E-state index contributed by atoms with van der Waals surface area (Å²) in [6.45, 7) is 20.9. The maximum absolute atomic E-state index is 5.65.